The van der Waals surface area contributed by atoms with Crippen LogP contribution in [0.5, 0.6) is 0 Å². The first-order valence-electron chi connectivity index (χ1n) is 8.60. The first-order valence-corrected chi connectivity index (χ1v) is 10.8. The number of benzene rings is 3. The number of amides is 1. The standard InChI is InChI=1S/C21H18Cl2N2O3S/c1-14-3-10-18(11-4-14)25(2)21(26)15-5-8-17(9-6-15)24-29(27,28)20-13-16(22)7-12-19(20)23/h3-13,24H,1-2H3. The summed E-state index contributed by atoms with van der Waals surface area (Å²) in [4.78, 5) is 14.1. The van der Waals surface area contributed by atoms with Crippen LogP contribution in [0.1, 0.15) is 15.9 Å². The van der Waals surface area contributed by atoms with E-state index in [4.69, 9.17) is 23.2 Å². The molecule has 3 aromatic carbocycles. The number of anilines is 2. The number of aryl methyl sites for hydroxylation is 1. The minimum Gasteiger partial charge on any atom is -0.311 e. The van der Waals surface area contributed by atoms with Crippen molar-refractivity contribution in [2.75, 3.05) is 16.7 Å². The molecule has 0 aliphatic carbocycles. The predicted octanol–water partition coefficient (Wildman–Crippen LogP) is 5.38. The second-order valence-corrected chi connectivity index (χ2v) is 8.95. The Morgan fingerprint density at radius 1 is 0.931 bits per heavy atom. The zero-order valence-electron chi connectivity index (χ0n) is 15.7. The molecular weight excluding hydrogens is 431 g/mol. The van der Waals surface area contributed by atoms with Crippen molar-refractivity contribution in [2.24, 2.45) is 0 Å². The highest BCUT2D eigenvalue weighted by molar-refractivity contribution is 7.92. The molecule has 8 heteroatoms. The van der Waals surface area contributed by atoms with Crippen LogP contribution in [0.15, 0.2) is 71.6 Å². The van der Waals surface area contributed by atoms with Gasteiger partial charge in [-0.25, -0.2) is 8.42 Å². The lowest BCUT2D eigenvalue weighted by Crippen LogP contribution is -2.26. The number of hydrogen-bond acceptors (Lipinski definition) is 3. The topological polar surface area (TPSA) is 66.5 Å². The summed E-state index contributed by atoms with van der Waals surface area (Å²) in [6.07, 6.45) is 0. The minimum atomic E-state index is -3.92. The highest BCUT2D eigenvalue weighted by Gasteiger charge is 2.19. The molecule has 1 amide bonds. The van der Waals surface area contributed by atoms with Gasteiger partial charge in [-0.05, 0) is 61.5 Å². The van der Waals surface area contributed by atoms with E-state index in [0.717, 1.165) is 11.3 Å². The van der Waals surface area contributed by atoms with E-state index in [1.165, 1.54) is 35.2 Å². The largest absolute Gasteiger partial charge is 0.311 e. The van der Waals surface area contributed by atoms with Crippen molar-refractivity contribution >= 4 is 50.5 Å². The highest BCUT2D eigenvalue weighted by atomic mass is 35.5. The number of hydrogen-bond donors (Lipinski definition) is 1. The fraction of sp³-hybridized carbons (Fsp3) is 0.0952. The molecule has 0 atom stereocenters. The number of carbonyl (C=O) groups is 1. The molecule has 0 unspecified atom stereocenters. The number of carbonyl (C=O) groups excluding carboxylic acids is 1. The second-order valence-electron chi connectivity index (χ2n) is 6.46. The Kier molecular flexibility index (Phi) is 6.17. The van der Waals surface area contributed by atoms with Crippen molar-refractivity contribution in [1.29, 1.82) is 0 Å². The van der Waals surface area contributed by atoms with Gasteiger partial charge in [0.2, 0.25) is 0 Å². The summed E-state index contributed by atoms with van der Waals surface area (Å²) in [7, 11) is -2.24. The minimum absolute atomic E-state index is 0.0634. The number of rotatable bonds is 5. The zero-order chi connectivity index (χ0) is 21.2. The molecule has 0 spiro atoms. The monoisotopic (exact) mass is 448 g/mol. The molecule has 0 heterocycles. The number of sulfonamides is 1. The van der Waals surface area contributed by atoms with Crippen molar-refractivity contribution < 1.29 is 13.2 Å². The summed E-state index contributed by atoms with van der Waals surface area (Å²) in [5, 5.41) is 0.322. The summed E-state index contributed by atoms with van der Waals surface area (Å²) in [6.45, 7) is 1.97. The lowest BCUT2D eigenvalue weighted by molar-refractivity contribution is 0.0993. The van der Waals surface area contributed by atoms with E-state index in [0.29, 0.717) is 11.3 Å². The van der Waals surface area contributed by atoms with Gasteiger partial charge in [-0.15, -0.1) is 0 Å². The van der Waals surface area contributed by atoms with Crippen molar-refractivity contribution in [3.05, 3.63) is 87.9 Å². The molecule has 1 N–H and O–H groups in total. The van der Waals surface area contributed by atoms with Gasteiger partial charge in [0.1, 0.15) is 4.90 Å². The highest BCUT2D eigenvalue weighted by Crippen LogP contribution is 2.27. The van der Waals surface area contributed by atoms with Crippen LogP contribution in [0, 0.1) is 6.92 Å². The van der Waals surface area contributed by atoms with Gasteiger partial charge in [-0.3, -0.25) is 9.52 Å². The molecule has 3 aromatic rings. The van der Waals surface area contributed by atoms with Crippen LogP contribution in [0.25, 0.3) is 0 Å². The maximum Gasteiger partial charge on any atom is 0.263 e. The van der Waals surface area contributed by atoms with Crippen LogP contribution < -0.4 is 9.62 Å². The first kappa shape index (κ1) is 21.2. The molecule has 5 nitrogen and oxygen atoms in total. The van der Waals surface area contributed by atoms with E-state index in [9.17, 15) is 13.2 Å². The Morgan fingerprint density at radius 2 is 1.55 bits per heavy atom. The van der Waals surface area contributed by atoms with Gasteiger partial charge in [0.25, 0.3) is 15.9 Å². The van der Waals surface area contributed by atoms with Gasteiger partial charge in [-0.2, -0.15) is 0 Å². The summed E-state index contributed by atoms with van der Waals surface area (Å²) < 4.78 is 27.6. The molecule has 0 radical (unpaired) electrons. The maximum absolute atomic E-state index is 12.7. The van der Waals surface area contributed by atoms with E-state index < -0.39 is 10.0 Å². The normalized spacial score (nSPS) is 11.2. The fourth-order valence-corrected chi connectivity index (χ4v) is 4.48. The van der Waals surface area contributed by atoms with E-state index >= 15 is 0 Å². The van der Waals surface area contributed by atoms with Crippen molar-refractivity contribution in [3.63, 3.8) is 0 Å². The van der Waals surface area contributed by atoms with Gasteiger partial charge < -0.3 is 4.90 Å². The van der Waals surface area contributed by atoms with Gasteiger partial charge in [0.15, 0.2) is 0 Å². The van der Waals surface area contributed by atoms with Gasteiger partial charge in [0, 0.05) is 29.0 Å². The number of nitrogens with zero attached hydrogens (tertiary/aromatic N) is 1. The van der Waals surface area contributed by atoms with Gasteiger partial charge in [0.05, 0.1) is 5.02 Å². The predicted molar refractivity (Wildman–Crippen MR) is 118 cm³/mol. The second kappa shape index (κ2) is 8.45. The third-order valence-corrected chi connectivity index (χ3v) is 6.39. The maximum atomic E-state index is 12.7. The Balaban J connectivity index is 1.78. The number of halogens is 2. The molecule has 0 bridgehead atoms. The van der Waals surface area contributed by atoms with Crippen molar-refractivity contribution in [1.82, 2.24) is 0 Å². The first-order chi connectivity index (χ1) is 13.7. The smallest absolute Gasteiger partial charge is 0.263 e. The molecule has 0 aliphatic rings. The van der Waals surface area contributed by atoms with Crippen LogP contribution >= 0.6 is 23.2 Å². The van der Waals surface area contributed by atoms with Crippen LogP contribution in [-0.4, -0.2) is 21.4 Å². The lowest BCUT2D eigenvalue weighted by Gasteiger charge is -2.18. The average molecular weight is 449 g/mol. The Morgan fingerprint density at radius 3 is 2.17 bits per heavy atom. The van der Waals surface area contributed by atoms with Crippen LogP contribution in [0.2, 0.25) is 10.0 Å². The van der Waals surface area contributed by atoms with Crippen LogP contribution in [0.3, 0.4) is 0 Å². The fourth-order valence-electron chi connectivity index (χ4n) is 2.65. The zero-order valence-corrected chi connectivity index (χ0v) is 18.0. The summed E-state index contributed by atoms with van der Waals surface area (Å²) >= 11 is 11.9. The summed E-state index contributed by atoms with van der Waals surface area (Å²) in [6, 6.07) is 18.0. The van der Waals surface area contributed by atoms with Crippen molar-refractivity contribution in [3.8, 4) is 0 Å². The summed E-state index contributed by atoms with van der Waals surface area (Å²) in [5.74, 6) is -0.207. The van der Waals surface area contributed by atoms with E-state index in [2.05, 4.69) is 4.72 Å². The van der Waals surface area contributed by atoms with E-state index in [1.54, 1.807) is 19.2 Å². The summed E-state index contributed by atoms with van der Waals surface area (Å²) in [5.41, 5.74) is 2.60. The third kappa shape index (κ3) is 4.90. The van der Waals surface area contributed by atoms with Crippen LogP contribution in [-0.2, 0) is 10.0 Å². The SMILES string of the molecule is Cc1ccc(N(C)C(=O)c2ccc(NS(=O)(=O)c3cc(Cl)ccc3Cl)cc2)cc1. The van der Waals surface area contributed by atoms with Gasteiger partial charge >= 0.3 is 0 Å². The molecule has 29 heavy (non-hydrogen) atoms. The third-order valence-electron chi connectivity index (χ3n) is 4.29. The number of nitrogens with one attached hydrogen (secondary N) is 1. The van der Waals surface area contributed by atoms with E-state index in [1.807, 2.05) is 31.2 Å². The Bertz CT molecular complexity index is 1150. The van der Waals surface area contributed by atoms with E-state index in [-0.39, 0.29) is 20.8 Å². The molecule has 0 aromatic heterocycles. The van der Waals surface area contributed by atoms with Crippen molar-refractivity contribution in [2.45, 2.75) is 11.8 Å². The molecule has 0 fully saturated rings. The van der Waals surface area contributed by atoms with Crippen LogP contribution in [0.4, 0.5) is 11.4 Å². The molecule has 0 saturated carbocycles. The lowest BCUT2D eigenvalue weighted by atomic mass is 10.1. The molecule has 0 aliphatic heterocycles. The molecule has 3 rings (SSSR count). The molecule has 0 saturated heterocycles. The average Bonchev–Trinajstić information content (AvgIpc) is 2.69. The Labute approximate surface area is 179 Å². The Hall–Kier alpha value is -2.54. The van der Waals surface area contributed by atoms with Gasteiger partial charge in [-0.1, -0.05) is 40.9 Å². The molecular formula is C21H18Cl2N2O3S. The quantitative estimate of drug-likeness (QED) is 0.569. The molecule has 150 valence electrons.